The SMILES string of the molecule is CCCNCC1CCC(CCC)CC1CCCS(C)(=O)=O. The second-order valence-electron chi connectivity index (χ2n) is 6.96. The van der Waals surface area contributed by atoms with Gasteiger partial charge < -0.3 is 5.32 Å². The molecule has 4 heteroatoms. The highest BCUT2D eigenvalue weighted by Gasteiger charge is 2.29. The van der Waals surface area contributed by atoms with Crippen molar-refractivity contribution >= 4 is 9.84 Å². The maximum absolute atomic E-state index is 11.3. The Labute approximate surface area is 132 Å². The molecule has 0 aliphatic heterocycles. The topological polar surface area (TPSA) is 46.2 Å². The van der Waals surface area contributed by atoms with Gasteiger partial charge in [-0.1, -0.05) is 33.1 Å². The fourth-order valence-corrected chi connectivity index (χ4v) is 4.48. The maximum Gasteiger partial charge on any atom is 0.147 e. The third-order valence-corrected chi connectivity index (χ3v) is 5.90. The van der Waals surface area contributed by atoms with Crippen LogP contribution in [-0.4, -0.2) is 33.5 Å². The average molecular weight is 318 g/mol. The second-order valence-corrected chi connectivity index (χ2v) is 9.22. The van der Waals surface area contributed by atoms with Crippen molar-refractivity contribution in [3.05, 3.63) is 0 Å². The van der Waals surface area contributed by atoms with Crippen molar-refractivity contribution in [2.75, 3.05) is 25.1 Å². The molecule has 1 fully saturated rings. The van der Waals surface area contributed by atoms with Crippen molar-refractivity contribution in [1.29, 1.82) is 0 Å². The molecule has 0 saturated heterocycles. The van der Waals surface area contributed by atoms with Gasteiger partial charge in [0, 0.05) is 12.0 Å². The zero-order chi connectivity index (χ0) is 15.7. The van der Waals surface area contributed by atoms with Crippen molar-refractivity contribution in [2.24, 2.45) is 17.8 Å². The Morgan fingerprint density at radius 1 is 1.05 bits per heavy atom. The molecular weight excluding hydrogens is 282 g/mol. The van der Waals surface area contributed by atoms with Gasteiger partial charge in [0.15, 0.2) is 0 Å². The summed E-state index contributed by atoms with van der Waals surface area (Å²) < 4.78 is 22.6. The van der Waals surface area contributed by atoms with Gasteiger partial charge in [-0.3, -0.25) is 0 Å². The number of hydrogen-bond donors (Lipinski definition) is 1. The quantitative estimate of drug-likeness (QED) is 0.626. The van der Waals surface area contributed by atoms with Crippen LogP contribution in [0.3, 0.4) is 0 Å². The third-order valence-electron chi connectivity index (χ3n) is 4.87. The van der Waals surface area contributed by atoms with Crippen LogP contribution in [0.2, 0.25) is 0 Å². The summed E-state index contributed by atoms with van der Waals surface area (Å²) in [7, 11) is -2.80. The molecule has 0 amide bonds. The Morgan fingerprint density at radius 2 is 1.81 bits per heavy atom. The highest BCUT2D eigenvalue weighted by Crippen LogP contribution is 2.38. The fraction of sp³-hybridized carbons (Fsp3) is 1.00. The Balaban J connectivity index is 2.46. The first-order valence-electron chi connectivity index (χ1n) is 8.84. The summed E-state index contributed by atoms with van der Waals surface area (Å²) in [5.74, 6) is 2.71. The standard InChI is InChI=1S/C17H35NO2S/c1-4-7-15-9-10-17(14-18-11-5-2)16(13-15)8-6-12-21(3,19)20/h15-18H,4-14H2,1-3H3. The van der Waals surface area contributed by atoms with Crippen LogP contribution in [0.1, 0.15) is 65.2 Å². The molecule has 0 heterocycles. The number of nitrogens with one attached hydrogen (secondary N) is 1. The normalized spacial score (nSPS) is 26.9. The molecule has 3 nitrogen and oxygen atoms in total. The molecule has 1 rings (SSSR count). The highest BCUT2D eigenvalue weighted by molar-refractivity contribution is 7.90. The first-order chi connectivity index (χ1) is 9.96. The zero-order valence-corrected chi connectivity index (χ0v) is 15.1. The molecule has 3 unspecified atom stereocenters. The van der Waals surface area contributed by atoms with Crippen LogP contribution in [0.5, 0.6) is 0 Å². The third kappa shape index (κ3) is 8.20. The van der Waals surface area contributed by atoms with Crippen molar-refractivity contribution in [3.8, 4) is 0 Å². The minimum atomic E-state index is -2.80. The molecule has 0 spiro atoms. The van der Waals surface area contributed by atoms with E-state index in [9.17, 15) is 8.42 Å². The summed E-state index contributed by atoms with van der Waals surface area (Å²) in [6.45, 7) is 6.70. The smallest absolute Gasteiger partial charge is 0.147 e. The summed E-state index contributed by atoms with van der Waals surface area (Å²) in [6.07, 6.45) is 11.1. The van der Waals surface area contributed by atoms with Gasteiger partial charge in [-0.05, 0) is 62.9 Å². The lowest BCUT2D eigenvalue weighted by Crippen LogP contribution is -2.33. The molecule has 1 N–H and O–H groups in total. The first kappa shape index (κ1) is 19.0. The summed E-state index contributed by atoms with van der Waals surface area (Å²) in [5, 5.41) is 3.57. The Hall–Kier alpha value is -0.0900. The van der Waals surface area contributed by atoms with Crippen LogP contribution in [-0.2, 0) is 9.84 Å². The molecule has 0 aromatic heterocycles. The van der Waals surface area contributed by atoms with Gasteiger partial charge in [0.05, 0.1) is 0 Å². The van der Waals surface area contributed by atoms with E-state index in [2.05, 4.69) is 19.2 Å². The van der Waals surface area contributed by atoms with Gasteiger partial charge in [-0.2, -0.15) is 0 Å². The summed E-state index contributed by atoms with van der Waals surface area (Å²) in [6, 6.07) is 0. The van der Waals surface area contributed by atoms with Gasteiger partial charge in [0.25, 0.3) is 0 Å². The monoisotopic (exact) mass is 317 g/mol. The Morgan fingerprint density at radius 3 is 2.43 bits per heavy atom. The van der Waals surface area contributed by atoms with Crippen molar-refractivity contribution < 1.29 is 8.42 Å². The van der Waals surface area contributed by atoms with Gasteiger partial charge in [0.1, 0.15) is 9.84 Å². The van der Waals surface area contributed by atoms with Crippen molar-refractivity contribution in [1.82, 2.24) is 5.32 Å². The van der Waals surface area contributed by atoms with E-state index < -0.39 is 9.84 Å². The zero-order valence-electron chi connectivity index (χ0n) is 14.2. The van der Waals surface area contributed by atoms with Crippen LogP contribution in [0.4, 0.5) is 0 Å². The molecule has 0 bridgehead atoms. The van der Waals surface area contributed by atoms with Gasteiger partial charge in [-0.25, -0.2) is 8.42 Å². The lowest BCUT2D eigenvalue weighted by molar-refractivity contribution is 0.159. The van der Waals surface area contributed by atoms with E-state index in [0.717, 1.165) is 43.7 Å². The van der Waals surface area contributed by atoms with E-state index in [0.29, 0.717) is 5.75 Å². The van der Waals surface area contributed by atoms with Crippen molar-refractivity contribution in [2.45, 2.75) is 65.2 Å². The fourth-order valence-electron chi connectivity index (χ4n) is 3.79. The molecule has 21 heavy (non-hydrogen) atoms. The molecule has 1 aliphatic carbocycles. The van der Waals surface area contributed by atoms with Gasteiger partial charge >= 0.3 is 0 Å². The summed E-state index contributed by atoms with van der Waals surface area (Å²) >= 11 is 0. The molecule has 1 saturated carbocycles. The van der Waals surface area contributed by atoms with Crippen LogP contribution in [0.15, 0.2) is 0 Å². The second kappa shape index (κ2) is 9.83. The van der Waals surface area contributed by atoms with Crippen LogP contribution in [0, 0.1) is 17.8 Å². The number of hydrogen-bond acceptors (Lipinski definition) is 3. The molecule has 3 atom stereocenters. The van der Waals surface area contributed by atoms with Crippen LogP contribution >= 0.6 is 0 Å². The predicted molar refractivity (Wildman–Crippen MR) is 91.3 cm³/mol. The van der Waals surface area contributed by atoms with Crippen molar-refractivity contribution in [3.63, 3.8) is 0 Å². The largest absolute Gasteiger partial charge is 0.316 e. The number of sulfone groups is 1. The first-order valence-corrected chi connectivity index (χ1v) is 10.9. The molecule has 0 radical (unpaired) electrons. The highest BCUT2D eigenvalue weighted by atomic mass is 32.2. The molecule has 0 aromatic rings. The van der Waals surface area contributed by atoms with E-state index in [-0.39, 0.29) is 0 Å². The lowest BCUT2D eigenvalue weighted by atomic mass is 9.71. The van der Waals surface area contributed by atoms with Crippen LogP contribution in [0.25, 0.3) is 0 Å². The van der Waals surface area contributed by atoms with Crippen LogP contribution < -0.4 is 5.32 Å². The summed E-state index contributed by atoms with van der Waals surface area (Å²) in [4.78, 5) is 0. The molecule has 1 aliphatic rings. The lowest BCUT2D eigenvalue weighted by Gasteiger charge is -2.36. The van der Waals surface area contributed by atoms with Gasteiger partial charge in [-0.15, -0.1) is 0 Å². The van der Waals surface area contributed by atoms with E-state index >= 15 is 0 Å². The minimum absolute atomic E-state index is 0.358. The van der Waals surface area contributed by atoms with E-state index in [4.69, 9.17) is 0 Å². The van der Waals surface area contributed by atoms with E-state index in [1.165, 1.54) is 44.8 Å². The molecular formula is C17H35NO2S. The average Bonchev–Trinajstić information content (AvgIpc) is 2.40. The minimum Gasteiger partial charge on any atom is -0.316 e. The summed E-state index contributed by atoms with van der Waals surface area (Å²) in [5.41, 5.74) is 0. The predicted octanol–water partition coefficient (Wildman–Crippen LogP) is 3.64. The molecule has 0 aromatic carbocycles. The number of rotatable bonds is 10. The molecule has 126 valence electrons. The van der Waals surface area contributed by atoms with E-state index in [1.807, 2.05) is 0 Å². The maximum atomic E-state index is 11.3. The van der Waals surface area contributed by atoms with Gasteiger partial charge in [0.2, 0.25) is 0 Å². The Kier molecular flexibility index (Phi) is 8.88. The van der Waals surface area contributed by atoms with E-state index in [1.54, 1.807) is 0 Å². The Bertz CT molecular complexity index is 367.